The standard InChI is InChI=1S/C19H20FNO4/c1-3-15-13(19(23)24)9-16(25-15)18(22)21-17-10(2)7-8-11-12(17)5-4-6-14(11)20/h4-6,9-10,17H,3,7-8H2,1-2H3,(H,21,22)(H,23,24). The monoisotopic (exact) mass is 345 g/mol. The molecule has 0 fully saturated rings. The number of aryl methyl sites for hydroxylation is 1. The predicted molar refractivity (Wildman–Crippen MR) is 89.1 cm³/mol. The lowest BCUT2D eigenvalue weighted by Gasteiger charge is -2.32. The number of hydrogen-bond acceptors (Lipinski definition) is 3. The van der Waals surface area contributed by atoms with Gasteiger partial charge in [0.05, 0.1) is 6.04 Å². The number of aromatic carboxylic acids is 1. The molecule has 0 bridgehead atoms. The van der Waals surface area contributed by atoms with Gasteiger partial charge in [-0.2, -0.15) is 0 Å². The third-order valence-electron chi connectivity index (χ3n) is 4.78. The second-order valence-electron chi connectivity index (χ2n) is 6.38. The topological polar surface area (TPSA) is 79.5 Å². The lowest BCUT2D eigenvalue weighted by atomic mass is 9.80. The number of nitrogens with one attached hydrogen (secondary N) is 1. The Labute approximate surface area is 144 Å². The van der Waals surface area contributed by atoms with E-state index in [0.717, 1.165) is 12.0 Å². The van der Waals surface area contributed by atoms with Gasteiger partial charge in [0.15, 0.2) is 5.76 Å². The molecule has 0 spiro atoms. The van der Waals surface area contributed by atoms with Gasteiger partial charge in [-0.05, 0) is 36.0 Å². The summed E-state index contributed by atoms with van der Waals surface area (Å²) in [4.78, 5) is 23.8. The minimum Gasteiger partial charge on any atom is -0.478 e. The van der Waals surface area contributed by atoms with Gasteiger partial charge in [-0.15, -0.1) is 0 Å². The highest BCUT2D eigenvalue weighted by atomic mass is 19.1. The first kappa shape index (κ1) is 17.2. The van der Waals surface area contributed by atoms with Gasteiger partial charge in [-0.25, -0.2) is 9.18 Å². The van der Waals surface area contributed by atoms with Crippen LogP contribution in [0.3, 0.4) is 0 Å². The van der Waals surface area contributed by atoms with Crippen LogP contribution in [0.25, 0.3) is 0 Å². The average Bonchev–Trinajstić information content (AvgIpc) is 3.02. The van der Waals surface area contributed by atoms with Gasteiger partial charge in [0, 0.05) is 12.5 Å². The highest BCUT2D eigenvalue weighted by Gasteiger charge is 2.31. The molecule has 1 aliphatic rings. The van der Waals surface area contributed by atoms with Crippen molar-refractivity contribution in [2.24, 2.45) is 5.92 Å². The molecule has 2 atom stereocenters. The second-order valence-corrected chi connectivity index (χ2v) is 6.38. The van der Waals surface area contributed by atoms with Crippen LogP contribution in [0.2, 0.25) is 0 Å². The highest BCUT2D eigenvalue weighted by Crippen LogP contribution is 2.35. The Kier molecular flexibility index (Phi) is 4.61. The maximum Gasteiger partial charge on any atom is 0.339 e. The van der Waals surface area contributed by atoms with Crippen molar-refractivity contribution in [1.29, 1.82) is 0 Å². The molecular formula is C19H20FNO4. The molecule has 1 aliphatic carbocycles. The van der Waals surface area contributed by atoms with Crippen LogP contribution in [0.15, 0.2) is 28.7 Å². The second kappa shape index (κ2) is 6.70. The van der Waals surface area contributed by atoms with Crippen LogP contribution in [0, 0.1) is 11.7 Å². The fourth-order valence-corrected chi connectivity index (χ4v) is 3.39. The maximum atomic E-state index is 14.0. The van der Waals surface area contributed by atoms with Gasteiger partial charge in [0.2, 0.25) is 0 Å². The van der Waals surface area contributed by atoms with Crippen molar-refractivity contribution in [3.63, 3.8) is 0 Å². The number of carbonyl (C=O) groups excluding carboxylic acids is 1. The number of amides is 1. The summed E-state index contributed by atoms with van der Waals surface area (Å²) in [6, 6.07) is 5.79. The molecule has 25 heavy (non-hydrogen) atoms. The molecule has 0 saturated carbocycles. The SMILES string of the molecule is CCc1oc(C(=O)NC2c3cccc(F)c3CCC2C)cc1C(=O)O. The van der Waals surface area contributed by atoms with E-state index in [1.165, 1.54) is 12.1 Å². The van der Waals surface area contributed by atoms with Crippen LogP contribution in [-0.2, 0) is 12.8 Å². The lowest BCUT2D eigenvalue weighted by Crippen LogP contribution is -2.35. The first-order chi connectivity index (χ1) is 11.9. The zero-order valence-corrected chi connectivity index (χ0v) is 14.1. The minimum atomic E-state index is -1.13. The molecule has 6 heteroatoms. The summed E-state index contributed by atoms with van der Waals surface area (Å²) >= 11 is 0. The Hall–Kier alpha value is -2.63. The fraction of sp³-hybridized carbons (Fsp3) is 0.368. The molecule has 2 aromatic rings. The number of hydrogen-bond donors (Lipinski definition) is 2. The lowest BCUT2D eigenvalue weighted by molar-refractivity contribution is 0.0694. The van der Waals surface area contributed by atoms with Crippen molar-refractivity contribution in [3.8, 4) is 0 Å². The van der Waals surface area contributed by atoms with Gasteiger partial charge in [-0.3, -0.25) is 4.79 Å². The van der Waals surface area contributed by atoms with Crippen LogP contribution >= 0.6 is 0 Å². The number of carbonyl (C=O) groups is 2. The van der Waals surface area contributed by atoms with Crippen molar-refractivity contribution < 1.29 is 23.5 Å². The zero-order valence-electron chi connectivity index (χ0n) is 14.1. The van der Waals surface area contributed by atoms with Gasteiger partial charge >= 0.3 is 5.97 Å². The summed E-state index contributed by atoms with van der Waals surface area (Å²) in [7, 11) is 0. The van der Waals surface area contributed by atoms with E-state index in [9.17, 15) is 19.1 Å². The average molecular weight is 345 g/mol. The number of carboxylic acid groups (broad SMARTS) is 1. The van der Waals surface area contributed by atoms with Gasteiger partial charge < -0.3 is 14.8 Å². The van der Waals surface area contributed by atoms with Gasteiger partial charge in [-0.1, -0.05) is 26.0 Å². The van der Waals surface area contributed by atoms with Crippen molar-refractivity contribution >= 4 is 11.9 Å². The number of rotatable bonds is 4. The molecule has 0 radical (unpaired) electrons. The molecule has 5 nitrogen and oxygen atoms in total. The van der Waals surface area contributed by atoms with E-state index in [2.05, 4.69) is 5.32 Å². The Bertz CT molecular complexity index is 827. The van der Waals surface area contributed by atoms with E-state index in [1.807, 2.05) is 13.0 Å². The Morgan fingerprint density at radius 3 is 2.80 bits per heavy atom. The molecule has 3 rings (SSSR count). The highest BCUT2D eigenvalue weighted by molar-refractivity contribution is 5.96. The summed E-state index contributed by atoms with van der Waals surface area (Å²) in [5, 5.41) is 12.1. The first-order valence-corrected chi connectivity index (χ1v) is 8.36. The third-order valence-corrected chi connectivity index (χ3v) is 4.78. The van der Waals surface area contributed by atoms with Gasteiger partial charge in [0.1, 0.15) is 17.1 Å². The molecule has 0 saturated heterocycles. The molecule has 1 heterocycles. The molecule has 1 amide bonds. The smallest absolute Gasteiger partial charge is 0.339 e. The maximum absolute atomic E-state index is 14.0. The molecule has 2 N–H and O–H groups in total. The summed E-state index contributed by atoms with van der Waals surface area (Å²) < 4.78 is 19.4. The predicted octanol–water partition coefficient (Wildman–Crippen LogP) is 3.73. The zero-order chi connectivity index (χ0) is 18.1. The number of halogens is 1. The van der Waals surface area contributed by atoms with E-state index >= 15 is 0 Å². The summed E-state index contributed by atoms with van der Waals surface area (Å²) in [6.45, 7) is 3.76. The summed E-state index contributed by atoms with van der Waals surface area (Å²) in [6.07, 6.45) is 1.78. The van der Waals surface area contributed by atoms with Crippen LogP contribution in [-0.4, -0.2) is 17.0 Å². The Morgan fingerprint density at radius 2 is 2.16 bits per heavy atom. The molecule has 0 aliphatic heterocycles. The minimum absolute atomic E-state index is 0.00390. The fourth-order valence-electron chi connectivity index (χ4n) is 3.39. The quantitative estimate of drug-likeness (QED) is 0.885. The van der Waals surface area contributed by atoms with Crippen molar-refractivity contribution in [2.75, 3.05) is 0 Å². The molecular weight excluding hydrogens is 325 g/mol. The Morgan fingerprint density at radius 1 is 1.40 bits per heavy atom. The molecule has 1 aromatic carbocycles. The number of benzene rings is 1. The van der Waals surface area contributed by atoms with Crippen LogP contribution in [0.1, 0.15) is 64.1 Å². The van der Waals surface area contributed by atoms with E-state index in [-0.39, 0.29) is 34.9 Å². The largest absolute Gasteiger partial charge is 0.478 e. The van der Waals surface area contributed by atoms with E-state index in [0.29, 0.717) is 18.4 Å². The molecule has 2 unspecified atom stereocenters. The van der Waals surface area contributed by atoms with E-state index < -0.39 is 11.9 Å². The van der Waals surface area contributed by atoms with Crippen LogP contribution < -0.4 is 5.32 Å². The number of carboxylic acids is 1. The van der Waals surface area contributed by atoms with Gasteiger partial charge in [0.25, 0.3) is 5.91 Å². The Balaban J connectivity index is 1.89. The van der Waals surface area contributed by atoms with Crippen molar-refractivity contribution in [2.45, 2.75) is 39.2 Å². The molecule has 1 aromatic heterocycles. The van der Waals surface area contributed by atoms with E-state index in [1.54, 1.807) is 13.0 Å². The number of furan rings is 1. The van der Waals surface area contributed by atoms with Crippen molar-refractivity contribution in [3.05, 3.63) is 58.3 Å². The first-order valence-electron chi connectivity index (χ1n) is 8.36. The third kappa shape index (κ3) is 3.16. The van der Waals surface area contributed by atoms with Crippen LogP contribution in [0.5, 0.6) is 0 Å². The van der Waals surface area contributed by atoms with Crippen LogP contribution in [0.4, 0.5) is 4.39 Å². The van der Waals surface area contributed by atoms with Crippen molar-refractivity contribution in [1.82, 2.24) is 5.32 Å². The van der Waals surface area contributed by atoms with E-state index in [4.69, 9.17) is 4.42 Å². The summed E-state index contributed by atoms with van der Waals surface area (Å²) in [5.74, 6) is -1.51. The normalized spacial score (nSPS) is 19.3. The summed E-state index contributed by atoms with van der Waals surface area (Å²) in [5.41, 5.74) is 1.40. The molecule has 132 valence electrons. The number of fused-ring (bicyclic) bond motifs is 1.